The van der Waals surface area contributed by atoms with Gasteiger partial charge < -0.3 is 10.5 Å². The summed E-state index contributed by atoms with van der Waals surface area (Å²) < 4.78 is 8.73. The van der Waals surface area contributed by atoms with Gasteiger partial charge in [0.05, 0.1) is 29.8 Å². The second-order valence-electron chi connectivity index (χ2n) is 5.06. The average Bonchev–Trinajstić information content (AvgIpc) is 2.91. The van der Waals surface area contributed by atoms with Gasteiger partial charge in [-0.1, -0.05) is 15.9 Å². The first-order valence-electron chi connectivity index (χ1n) is 6.60. The van der Waals surface area contributed by atoms with Crippen LogP contribution < -0.4 is 10.5 Å². The Kier molecular flexibility index (Phi) is 3.55. The first-order chi connectivity index (χ1) is 10.0. The van der Waals surface area contributed by atoms with Crippen molar-refractivity contribution in [2.24, 2.45) is 0 Å². The quantitative estimate of drug-likeness (QED) is 0.773. The normalized spacial score (nSPS) is 11.2. The molecular formula is C15H15BrN4O. The van der Waals surface area contributed by atoms with E-state index in [1.807, 2.05) is 29.1 Å². The van der Waals surface area contributed by atoms with Crippen molar-refractivity contribution in [2.75, 3.05) is 5.73 Å². The molecule has 0 atom stereocenters. The van der Waals surface area contributed by atoms with Gasteiger partial charge in [-0.25, -0.2) is 0 Å². The summed E-state index contributed by atoms with van der Waals surface area (Å²) in [6.45, 7) is 4.12. The lowest BCUT2D eigenvalue weighted by atomic mass is 10.2. The van der Waals surface area contributed by atoms with Crippen LogP contribution in [0.2, 0.25) is 0 Å². The molecular weight excluding hydrogens is 332 g/mol. The number of nitrogens with zero attached hydrogens (tertiary/aromatic N) is 3. The van der Waals surface area contributed by atoms with Crippen molar-refractivity contribution in [1.82, 2.24) is 14.8 Å². The molecule has 0 radical (unpaired) electrons. The lowest BCUT2D eigenvalue weighted by molar-refractivity contribution is 0.484. The Bertz CT molecular complexity index is 792. The lowest BCUT2D eigenvalue weighted by Gasteiger charge is -2.10. The van der Waals surface area contributed by atoms with Gasteiger partial charge in [-0.15, -0.1) is 0 Å². The van der Waals surface area contributed by atoms with Crippen LogP contribution in [0.5, 0.6) is 11.5 Å². The molecule has 0 amide bonds. The van der Waals surface area contributed by atoms with E-state index in [2.05, 4.69) is 39.9 Å². The van der Waals surface area contributed by atoms with E-state index in [0.717, 1.165) is 15.4 Å². The smallest absolute Gasteiger partial charge is 0.165 e. The Labute approximate surface area is 130 Å². The van der Waals surface area contributed by atoms with Gasteiger partial charge in [-0.3, -0.25) is 9.67 Å². The number of hydrogen-bond donors (Lipinski definition) is 1. The second kappa shape index (κ2) is 5.37. The van der Waals surface area contributed by atoms with E-state index in [1.54, 1.807) is 12.4 Å². The third-order valence-electron chi connectivity index (χ3n) is 3.13. The Morgan fingerprint density at radius 2 is 2.10 bits per heavy atom. The number of aromatic nitrogens is 3. The van der Waals surface area contributed by atoms with Crippen molar-refractivity contribution in [3.8, 4) is 11.5 Å². The molecule has 6 heteroatoms. The number of ether oxygens (including phenoxy) is 1. The van der Waals surface area contributed by atoms with E-state index in [1.165, 1.54) is 0 Å². The molecule has 0 fully saturated rings. The number of nitrogen functional groups attached to an aromatic ring is 1. The van der Waals surface area contributed by atoms with Gasteiger partial charge in [0.2, 0.25) is 0 Å². The minimum Gasteiger partial charge on any atom is -0.451 e. The molecule has 0 unspecified atom stereocenters. The molecule has 5 nitrogen and oxygen atoms in total. The number of fused-ring (bicyclic) bond motifs is 1. The fourth-order valence-corrected chi connectivity index (χ4v) is 2.40. The summed E-state index contributed by atoms with van der Waals surface area (Å²) in [7, 11) is 0. The maximum absolute atomic E-state index is 6.02. The zero-order valence-corrected chi connectivity index (χ0v) is 13.3. The van der Waals surface area contributed by atoms with Gasteiger partial charge in [0.15, 0.2) is 11.5 Å². The fraction of sp³-hybridized carbons (Fsp3) is 0.200. The highest BCUT2D eigenvalue weighted by Gasteiger charge is 2.11. The molecule has 0 bridgehead atoms. The average molecular weight is 347 g/mol. The third kappa shape index (κ3) is 2.71. The SMILES string of the molecule is CC(C)n1cc(Oc2c(N)cnc3ccc(Br)cc23)cn1. The van der Waals surface area contributed by atoms with Crippen molar-refractivity contribution in [3.63, 3.8) is 0 Å². The van der Waals surface area contributed by atoms with Crippen molar-refractivity contribution < 1.29 is 4.74 Å². The van der Waals surface area contributed by atoms with Gasteiger partial charge in [-0.05, 0) is 32.0 Å². The third-order valence-corrected chi connectivity index (χ3v) is 3.63. The number of pyridine rings is 1. The van der Waals surface area contributed by atoms with E-state index in [-0.39, 0.29) is 6.04 Å². The summed E-state index contributed by atoms with van der Waals surface area (Å²) in [5, 5.41) is 5.13. The second-order valence-corrected chi connectivity index (χ2v) is 5.97. The number of halogens is 1. The molecule has 2 heterocycles. The lowest BCUT2D eigenvalue weighted by Crippen LogP contribution is -1.99. The molecule has 21 heavy (non-hydrogen) atoms. The summed E-state index contributed by atoms with van der Waals surface area (Å²) in [6, 6.07) is 6.08. The first kappa shape index (κ1) is 13.9. The number of anilines is 1. The predicted octanol–water partition coefficient (Wildman–Crippen LogP) is 4.15. The highest BCUT2D eigenvalue weighted by atomic mass is 79.9. The van der Waals surface area contributed by atoms with Gasteiger partial charge in [0.25, 0.3) is 0 Å². The molecule has 2 aromatic heterocycles. The molecule has 3 aromatic rings. The van der Waals surface area contributed by atoms with Crippen molar-refractivity contribution in [2.45, 2.75) is 19.9 Å². The number of benzene rings is 1. The molecule has 0 aliphatic rings. The van der Waals surface area contributed by atoms with Crippen LogP contribution in [0.4, 0.5) is 5.69 Å². The molecule has 0 aliphatic heterocycles. The van der Waals surface area contributed by atoms with Crippen LogP contribution >= 0.6 is 15.9 Å². The van der Waals surface area contributed by atoms with E-state index in [9.17, 15) is 0 Å². The molecule has 1 aromatic carbocycles. The van der Waals surface area contributed by atoms with Crippen molar-refractivity contribution >= 4 is 32.5 Å². The van der Waals surface area contributed by atoms with Gasteiger partial charge in [0, 0.05) is 15.9 Å². The highest BCUT2D eigenvalue weighted by molar-refractivity contribution is 9.10. The Balaban J connectivity index is 2.06. The number of hydrogen-bond acceptors (Lipinski definition) is 4. The molecule has 0 saturated heterocycles. The van der Waals surface area contributed by atoms with E-state index in [0.29, 0.717) is 17.2 Å². The maximum Gasteiger partial charge on any atom is 0.165 e. The zero-order chi connectivity index (χ0) is 15.0. The molecule has 3 rings (SSSR count). The van der Waals surface area contributed by atoms with Gasteiger partial charge >= 0.3 is 0 Å². The van der Waals surface area contributed by atoms with Crippen molar-refractivity contribution in [1.29, 1.82) is 0 Å². The monoisotopic (exact) mass is 346 g/mol. The van der Waals surface area contributed by atoms with Crippen molar-refractivity contribution in [3.05, 3.63) is 41.3 Å². The highest BCUT2D eigenvalue weighted by Crippen LogP contribution is 2.35. The summed E-state index contributed by atoms with van der Waals surface area (Å²) in [6.07, 6.45) is 5.15. The zero-order valence-electron chi connectivity index (χ0n) is 11.7. The Morgan fingerprint density at radius 1 is 1.29 bits per heavy atom. The van der Waals surface area contributed by atoms with Crippen LogP contribution in [0.1, 0.15) is 19.9 Å². The van der Waals surface area contributed by atoms with Crippen LogP contribution in [0.25, 0.3) is 10.9 Å². The first-order valence-corrected chi connectivity index (χ1v) is 7.39. The minimum absolute atomic E-state index is 0.281. The van der Waals surface area contributed by atoms with E-state index >= 15 is 0 Å². The van der Waals surface area contributed by atoms with Crippen LogP contribution in [-0.4, -0.2) is 14.8 Å². The predicted molar refractivity (Wildman–Crippen MR) is 86.5 cm³/mol. The Hall–Kier alpha value is -2.08. The van der Waals surface area contributed by atoms with Crippen LogP contribution in [-0.2, 0) is 0 Å². The topological polar surface area (TPSA) is 66.0 Å². The molecule has 2 N–H and O–H groups in total. The fourth-order valence-electron chi connectivity index (χ4n) is 2.04. The molecule has 0 spiro atoms. The minimum atomic E-state index is 0.281. The van der Waals surface area contributed by atoms with Gasteiger partial charge in [-0.2, -0.15) is 5.10 Å². The number of nitrogens with two attached hydrogens (primary N) is 1. The largest absolute Gasteiger partial charge is 0.451 e. The summed E-state index contributed by atoms with van der Waals surface area (Å²) in [5.74, 6) is 1.26. The molecule has 0 aliphatic carbocycles. The maximum atomic E-state index is 6.02. The molecule has 108 valence electrons. The van der Waals surface area contributed by atoms with Crippen LogP contribution in [0.3, 0.4) is 0 Å². The van der Waals surface area contributed by atoms with E-state index < -0.39 is 0 Å². The van der Waals surface area contributed by atoms with Gasteiger partial charge in [0.1, 0.15) is 0 Å². The summed E-state index contributed by atoms with van der Waals surface area (Å²) in [5.41, 5.74) is 7.35. The van der Waals surface area contributed by atoms with Crippen LogP contribution in [0.15, 0.2) is 41.3 Å². The summed E-state index contributed by atoms with van der Waals surface area (Å²) in [4.78, 5) is 4.31. The standard InChI is InChI=1S/C15H15BrN4O/c1-9(2)20-8-11(6-19-20)21-15-12-5-10(16)3-4-14(12)18-7-13(15)17/h3-9H,17H2,1-2H3. The van der Waals surface area contributed by atoms with Crippen LogP contribution in [0, 0.1) is 0 Å². The van der Waals surface area contributed by atoms with E-state index in [4.69, 9.17) is 10.5 Å². The Morgan fingerprint density at radius 3 is 2.81 bits per heavy atom. The molecule has 0 saturated carbocycles. The number of rotatable bonds is 3. The summed E-state index contributed by atoms with van der Waals surface area (Å²) >= 11 is 3.46.